The van der Waals surface area contributed by atoms with Gasteiger partial charge in [-0.05, 0) is 0 Å². The van der Waals surface area contributed by atoms with Gasteiger partial charge in [-0.25, -0.2) is 0 Å². The normalized spacial score (nSPS) is 10.0. The highest BCUT2D eigenvalue weighted by Gasteiger charge is 1.77. The molecule has 0 saturated carbocycles. The molecule has 6 heavy (non-hydrogen) atoms. The Morgan fingerprint density at radius 1 is 1.83 bits per heavy atom. The van der Waals surface area contributed by atoms with Crippen molar-refractivity contribution in [1.82, 2.24) is 0 Å². The van der Waals surface area contributed by atoms with E-state index in [9.17, 15) is 4.46 Å². The second-order valence-corrected chi connectivity index (χ2v) is 4.50. The Labute approximate surface area is 43.6 Å². The summed E-state index contributed by atoms with van der Waals surface area (Å²) in [7, 11) is -0.738. The lowest BCUT2D eigenvalue weighted by atomic mass is 15.7. The van der Waals surface area contributed by atoms with E-state index >= 15 is 0 Å². The van der Waals surface area contributed by atoms with E-state index in [4.69, 9.17) is 0 Å². The van der Waals surface area contributed by atoms with Crippen LogP contribution in [0, 0.1) is 0 Å². The van der Waals surface area contributed by atoms with Crippen molar-refractivity contribution in [2.75, 3.05) is 0 Å². The Bertz CT molecular complexity index is 35.0. The lowest BCUT2D eigenvalue weighted by Crippen LogP contribution is -1.99. The first kappa shape index (κ1) is 6.21. The van der Waals surface area contributed by atoms with Crippen LogP contribution in [0.15, 0.2) is 0 Å². The molecule has 0 bridgehead atoms. The second kappa shape index (κ2) is 5.21. The SMILES string of the molecule is O=[Si]O[SiH2]O[SiH3]. The van der Waals surface area contributed by atoms with Gasteiger partial charge in [-0.15, -0.1) is 0 Å². The Hall–Kier alpha value is 0.211. The van der Waals surface area contributed by atoms with Crippen LogP contribution in [0.25, 0.3) is 0 Å². The van der Waals surface area contributed by atoms with E-state index in [-0.39, 0.29) is 0 Å². The summed E-state index contributed by atoms with van der Waals surface area (Å²) in [6, 6.07) is 0. The highest BCUT2D eigenvalue weighted by atomic mass is 28.3. The first-order valence-corrected chi connectivity index (χ1v) is 4.18. The Balaban J connectivity index is 2.49. The van der Waals surface area contributed by atoms with Gasteiger partial charge in [0.1, 0.15) is 10.5 Å². The standard InChI is InChI=1S/H5O3Si3/c1-5-3-6-2-4/h6H2,4H3. The molecular weight excluding hydrogens is 132 g/mol. The van der Waals surface area contributed by atoms with Gasteiger partial charge in [-0.1, -0.05) is 0 Å². The molecule has 0 heterocycles. The summed E-state index contributed by atoms with van der Waals surface area (Å²) in [4.78, 5) is 0. The molecule has 3 nitrogen and oxygen atoms in total. The van der Waals surface area contributed by atoms with Crippen LogP contribution in [0.4, 0.5) is 0 Å². The fourth-order valence-corrected chi connectivity index (χ4v) is 1.81. The van der Waals surface area contributed by atoms with Gasteiger partial charge in [-0.2, -0.15) is 0 Å². The molecule has 0 aromatic heterocycles. The van der Waals surface area contributed by atoms with Crippen molar-refractivity contribution in [3.63, 3.8) is 0 Å². The van der Waals surface area contributed by atoms with E-state index in [1.165, 1.54) is 0 Å². The lowest BCUT2D eigenvalue weighted by Gasteiger charge is -1.88. The predicted molar refractivity (Wildman–Crippen MR) is 27.1 cm³/mol. The molecule has 0 fully saturated rings. The van der Waals surface area contributed by atoms with E-state index in [2.05, 4.69) is 8.23 Å². The molecule has 0 spiro atoms. The van der Waals surface area contributed by atoms with Crippen molar-refractivity contribution in [2.45, 2.75) is 0 Å². The molecule has 0 aromatic carbocycles. The van der Waals surface area contributed by atoms with Gasteiger partial charge in [0.15, 0.2) is 0 Å². The highest BCUT2D eigenvalue weighted by Crippen LogP contribution is 1.54. The van der Waals surface area contributed by atoms with Crippen molar-refractivity contribution >= 4 is 30.1 Å². The van der Waals surface area contributed by atoms with Gasteiger partial charge in [0, 0.05) is 0 Å². The molecule has 35 valence electrons. The molecule has 1 radical (unpaired) electrons. The molecule has 0 amide bonds. The molecule has 0 aliphatic rings. The van der Waals surface area contributed by atoms with Crippen LogP contribution in [0.2, 0.25) is 0 Å². The van der Waals surface area contributed by atoms with Gasteiger partial charge in [-0.3, -0.25) is 0 Å². The van der Waals surface area contributed by atoms with E-state index < -0.39 is 19.7 Å². The minimum atomic E-state index is -0.817. The molecule has 0 aliphatic carbocycles. The molecule has 0 saturated heterocycles. The van der Waals surface area contributed by atoms with E-state index in [1.807, 2.05) is 0 Å². The second-order valence-electron chi connectivity index (χ2n) is 0.634. The van der Waals surface area contributed by atoms with Crippen molar-refractivity contribution in [3.8, 4) is 0 Å². The summed E-state index contributed by atoms with van der Waals surface area (Å²) < 4.78 is 18.5. The molecule has 6 heteroatoms. The Kier molecular flexibility index (Phi) is 5.39. The smallest absolute Gasteiger partial charge is 0.560 e. The largest absolute Gasteiger partial charge is 0.579 e. The number of hydrogen-bond donors (Lipinski definition) is 0. The molecule has 0 aromatic rings. The summed E-state index contributed by atoms with van der Waals surface area (Å²) >= 11 is 0. The molecule has 0 N–H and O–H groups in total. The first-order valence-electron chi connectivity index (χ1n) is 1.39. The quantitative estimate of drug-likeness (QED) is 0.313. The predicted octanol–water partition coefficient (Wildman–Crippen LogP) is -2.74. The number of rotatable bonds is 3. The van der Waals surface area contributed by atoms with Crippen LogP contribution in [0.1, 0.15) is 0 Å². The van der Waals surface area contributed by atoms with Crippen molar-refractivity contribution in [1.29, 1.82) is 0 Å². The van der Waals surface area contributed by atoms with Gasteiger partial charge >= 0.3 is 19.7 Å². The van der Waals surface area contributed by atoms with Crippen molar-refractivity contribution < 1.29 is 12.7 Å². The minimum Gasteiger partial charge on any atom is -0.560 e. The lowest BCUT2D eigenvalue weighted by molar-refractivity contribution is 0.449. The van der Waals surface area contributed by atoms with Crippen LogP contribution in [0.5, 0.6) is 0 Å². The molecule has 0 rings (SSSR count). The van der Waals surface area contributed by atoms with Gasteiger partial charge in [0.2, 0.25) is 0 Å². The fraction of sp³-hybridized carbons (Fsp3) is 0. The molecular formula is H5O3Si3. The maximum absolute atomic E-state index is 9.46. The summed E-state index contributed by atoms with van der Waals surface area (Å²) in [5, 5.41) is 0. The van der Waals surface area contributed by atoms with Crippen LogP contribution in [-0.4, -0.2) is 30.1 Å². The monoisotopic (exact) mass is 137 g/mol. The maximum atomic E-state index is 9.46. The Morgan fingerprint density at radius 2 is 2.50 bits per heavy atom. The summed E-state index contributed by atoms with van der Waals surface area (Å²) in [5.41, 5.74) is 0. The first-order chi connectivity index (χ1) is 2.91. The van der Waals surface area contributed by atoms with Crippen LogP contribution in [-0.2, 0) is 12.7 Å². The molecule has 0 unspecified atom stereocenters. The van der Waals surface area contributed by atoms with Crippen molar-refractivity contribution in [2.24, 2.45) is 0 Å². The third-order valence-corrected chi connectivity index (χ3v) is 2.12. The maximum Gasteiger partial charge on any atom is 0.579 e. The van der Waals surface area contributed by atoms with Crippen LogP contribution < -0.4 is 0 Å². The third kappa shape index (κ3) is 4.21. The molecule has 0 atom stereocenters. The fourth-order valence-electron chi connectivity index (χ4n) is 0.0830. The average molecular weight is 137 g/mol. The zero-order valence-electron chi connectivity index (χ0n) is 3.43. The highest BCUT2D eigenvalue weighted by molar-refractivity contribution is 6.34. The van der Waals surface area contributed by atoms with E-state index in [0.717, 1.165) is 0 Å². The van der Waals surface area contributed by atoms with Crippen LogP contribution in [0.3, 0.4) is 0 Å². The van der Waals surface area contributed by atoms with Crippen molar-refractivity contribution in [3.05, 3.63) is 0 Å². The summed E-state index contributed by atoms with van der Waals surface area (Å²) in [6.45, 7) is 0. The van der Waals surface area contributed by atoms with Gasteiger partial charge < -0.3 is 12.7 Å². The topological polar surface area (TPSA) is 35.5 Å². The minimum absolute atomic E-state index is 0.626. The summed E-state index contributed by atoms with van der Waals surface area (Å²) in [5.74, 6) is 0. The third-order valence-electron chi connectivity index (χ3n) is 0.236. The van der Waals surface area contributed by atoms with E-state index in [1.54, 1.807) is 0 Å². The number of hydrogen-bond acceptors (Lipinski definition) is 3. The average Bonchev–Trinajstić information content (AvgIpc) is 1.61. The Morgan fingerprint density at radius 3 is 2.67 bits per heavy atom. The summed E-state index contributed by atoms with van der Waals surface area (Å²) in [6.07, 6.45) is 0. The van der Waals surface area contributed by atoms with E-state index in [0.29, 0.717) is 10.5 Å². The van der Waals surface area contributed by atoms with Gasteiger partial charge in [0.05, 0.1) is 0 Å². The van der Waals surface area contributed by atoms with Gasteiger partial charge in [0.25, 0.3) is 0 Å². The van der Waals surface area contributed by atoms with Crippen LogP contribution >= 0.6 is 0 Å². The zero-order valence-corrected chi connectivity index (χ0v) is 7.85. The zero-order chi connectivity index (χ0) is 4.83. The molecule has 0 aliphatic heterocycles.